The van der Waals surface area contributed by atoms with Crippen LogP contribution in [0.3, 0.4) is 0 Å². The van der Waals surface area contributed by atoms with Crippen LogP contribution < -0.4 is 14.4 Å². The van der Waals surface area contributed by atoms with Gasteiger partial charge in [-0.3, -0.25) is 9.69 Å². The molecule has 4 rings (SSSR count). The predicted octanol–water partition coefficient (Wildman–Crippen LogP) is 3.69. The molecular formula is C22H25ClN2O3. The Balaban J connectivity index is 1.39. The van der Waals surface area contributed by atoms with Crippen LogP contribution in [0.4, 0.5) is 5.69 Å². The van der Waals surface area contributed by atoms with Gasteiger partial charge in [0.05, 0.1) is 14.2 Å². The highest BCUT2D eigenvalue weighted by Gasteiger charge is 2.26. The van der Waals surface area contributed by atoms with Gasteiger partial charge in [-0.2, -0.15) is 0 Å². The number of halogens is 1. The second kappa shape index (κ2) is 8.02. The van der Waals surface area contributed by atoms with Gasteiger partial charge in [0.25, 0.3) is 0 Å². The SMILES string of the molecule is COc1cc2c(cc1OC)CN(CCC(=O)N1CCc3cc(Cl)ccc31)CC2. The lowest BCUT2D eigenvalue weighted by Crippen LogP contribution is -2.36. The van der Waals surface area contributed by atoms with Crippen molar-refractivity contribution in [3.8, 4) is 11.5 Å². The van der Waals surface area contributed by atoms with Crippen LogP contribution in [-0.2, 0) is 24.2 Å². The van der Waals surface area contributed by atoms with E-state index in [1.54, 1.807) is 14.2 Å². The largest absolute Gasteiger partial charge is 0.493 e. The molecule has 2 aromatic carbocycles. The lowest BCUT2D eigenvalue weighted by Gasteiger charge is -2.30. The van der Waals surface area contributed by atoms with Crippen LogP contribution in [0, 0.1) is 0 Å². The van der Waals surface area contributed by atoms with Gasteiger partial charge in [0.2, 0.25) is 5.91 Å². The van der Waals surface area contributed by atoms with Gasteiger partial charge >= 0.3 is 0 Å². The van der Waals surface area contributed by atoms with E-state index >= 15 is 0 Å². The molecule has 0 aromatic heterocycles. The average molecular weight is 401 g/mol. The summed E-state index contributed by atoms with van der Waals surface area (Å²) in [7, 11) is 3.32. The molecule has 0 atom stereocenters. The first-order valence-electron chi connectivity index (χ1n) is 9.64. The summed E-state index contributed by atoms with van der Waals surface area (Å²) < 4.78 is 10.8. The zero-order valence-electron chi connectivity index (χ0n) is 16.3. The minimum Gasteiger partial charge on any atom is -0.493 e. The fraction of sp³-hybridized carbons (Fsp3) is 0.409. The number of amides is 1. The molecule has 0 N–H and O–H groups in total. The number of carbonyl (C=O) groups excluding carboxylic acids is 1. The summed E-state index contributed by atoms with van der Waals surface area (Å²) in [6, 6.07) is 9.91. The molecule has 1 amide bonds. The highest BCUT2D eigenvalue weighted by Crippen LogP contribution is 2.34. The first-order chi connectivity index (χ1) is 13.6. The summed E-state index contributed by atoms with van der Waals surface area (Å²) in [6.45, 7) is 3.28. The molecule has 28 heavy (non-hydrogen) atoms. The third-order valence-corrected chi connectivity index (χ3v) is 5.91. The molecule has 2 aliphatic rings. The maximum atomic E-state index is 12.8. The number of hydrogen-bond donors (Lipinski definition) is 0. The fourth-order valence-electron chi connectivity index (χ4n) is 4.15. The average Bonchev–Trinajstić information content (AvgIpc) is 3.13. The minimum atomic E-state index is 0.180. The van der Waals surface area contributed by atoms with E-state index in [0.29, 0.717) is 6.42 Å². The molecular weight excluding hydrogens is 376 g/mol. The van der Waals surface area contributed by atoms with E-state index < -0.39 is 0 Å². The molecule has 2 aliphatic heterocycles. The van der Waals surface area contributed by atoms with E-state index in [0.717, 1.165) is 66.8 Å². The fourth-order valence-corrected chi connectivity index (χ4v) is 4.35. The van der Waals surface area contributed by atoms with E-state index in [9.17, 15) is 4.79 Å². The quantitative estimate of drug-likeness (QED) is 0.767. The van der Waals surface area contributed by atoms with Gasteiger partial charge in [0.1, 0.15) is 0 Å². The van der Waals surface area contributed by atoms with Crippen LogP contribution in [0.1, 0.15) is 23.1 Å². The van der Waals surface area contributed by atoms with E-state index in [4.69, 9.17) is 21.1 Å². The number of fused-ring (bicyclic) bond motifs is 2. The lowest BCUT2D eigenvalue weighted by molar-refractivity contribution is -0.118. The summed E-state index contributed by atoms with van der Waals surface area (Å²) in [5, 5.41) is 0.729. The molecule has 0 bridgehead atoms. The number of ether oxygens (including phenoxy) is 2. The zero-order valence-corrected chi connectivity index (χ0v) is 17.1. The molecule has 5 nitrogen and oxygen atoms in total. The van der Waals surface area contributed by atoms with E-state index in [1.165, 1.54) is 11.1 Å². The summed E-state index contributed by atoms with van der Waals surface area (Å²) in [6.07, 6.45) is 2.35. The smallest absolute Gasteiger partial charge is 0.228 e. The second-order valence-corrected chi connectivity index (χ2v) is 7.76. The van der Waals surface area contributed by atoms with Crippen molar-refractivity contribution < 1.29 is 14.3 Å². The number of nitrogens with zero attached hydrogens (tertiary/aromatic N) is 2. The Morgan fingerprint density at radius 1 is 1.00 bits per heavy atom. The van der Waals surface area contributed by atoms with Crippen molar-refractivity contribution in [2.24, 2.45) is 0 Å². The number of carbonyl (C=O) groups is 1. The van der Waals surface area contributed by atoms with Gasteiger partial charge in [-0.1, -0.05) is 11.6 Å². The van der Waals surface area contributed by atoms with Crippen molar-refractivity contribution in [1.82, 2.24) is 4.90 Å². The topological polar surface area (TPSA) is 42.0 Å². The van der Waals surface area contributed by atoms with Crippen LogP contribution in [0.15, 0.2) is 30.3 Å². The Bertz CT molecular complexity index is 900. The molecule has 148 valence electrons. The van der Waals surface area contributed by atoms with E-state index in [2.05, 4.69) is 17.0 Å². The molecule has 0 saturated carbocycles. The maximum Gasteiger partial charge on any atom is 0.228 e. The molecule has 0 radical (unpaired) electrons. The third kappa shape index (κ3) is 3.69. The number of rotatable bonds is 5. The zero-order chi connectivity index (χ0) is 19.7. The predicted molar refractivity (Wildman–Crippen MR) is 111 cm³/mol. The van der Waals surface area contributed by atoms with Crippen LogP contribution in [-0.4, -0.2) is 44.7 Å². The molecule has 2 heterocycles. The van der Waals surface area contributed by atoms with Crippen molar-refractivity contribution in [2.45, 2.75) is 25.8 Å². The summed E-state index contributed by atoms with van der Waals surface area (Å²) in [5.74, 6) is 1.71. The molecule has 0 fully saturated rings. The molecule has 0 aliphatic carbocycles. The molecule has 0 spiro atoms. The van der Waals surface area contributed by atoms with Gasteiger partial charge in [0.15, 0.2) is 11.5 Å². The lowest BCUT2D eigenvalue weighted by atomic mass is 9.98. The molecule has 6 heteroatoms. The van der Waals surface area contributed by atoms with Gasteiger partial charge in [-0.15, -0.1) is 0 Å². The Morgan fingerprint density at radius 2 is 1.71 bits per heavy atom. The van der Waals surface area contributed by atoms with Crippen LogP contribution in [0.2, 0.25) is 5.02 Å². The summed E-state index contributed by atoms with van der Waals surface area (Å²) >= 11 is 6.07. The van der Waals surface area contributed by atoms with Gasteiger partial charge in [-0.25, -0.2) is 0 Å². The van der Waals surface area contributed by atoms with Crippen molar-refractivity contribution >= 4 is 23.2 Å². The standard InChI is InChI=1S/C22H25ClN2O3/c1-27-20-12-15-5-8-24(14-17(15)13-21(20)28-2)9-7-22(26)25-10-6-16-11-18(23)3-4-19(16)25/h3-4,11-13H,5-10,14H2,1-2H3. The van der Waals surface area contributed by atoms with Crippen molar-refractivity contribution in [2.75, 3.05) is 38.8 Å². The molecule has 0 saturated heterocycles. The minimum absolute atomic E-state index is 0.180. The van der Waals surface area contributed by atoms with Crippen LogP contribution in [0.25, 0.3) is 0 Å². The van der Waals surface area contributed by atoms with Gasteiger partial charge in [0, 0.05) is 43.3 Å². The molecule has 2 aromatic rings. The first-order valence-corrected chi connectivity index (χ1v) is 10.0. The van der Waals surface area contributed by atoms with Crippen molar-refractivity contribution in [1.29, 1.82) is 0 Å². The number of anilines is 1. The van der Waals surface area contributed by atoms with Crippen molar-refractivity contribution in [3.05, 3.63) is 52.0 Å². The second-order valence-electron chi connectivity index (χ2n) is 7.32. The highest BCUT2D eigenvalue weighted by atomic mass is 35.5. The number of methoxy groups -OCH3 is 2. The monoisotopic (exact) mass is 400 g/mol. The maximum absolute atomic E-state index is 12.8. The van der Waals surface area contributed by atoms with Crippen LogP contribution >= 0.6 is 11.6 Å². The highest BCUT2D eigenvalue weighted by molar-refractivity contribution is 6.30. The van der Waals surface area contributed by atoms with Gasteiger partial charge < -0.3 is 14.4 Å². The van der Waals surface area contributed by atoms with E-state index in [1.807, 2.05) is 23.1 Å². The van der Waals surface area contributed by atoms with E-state index in [-0.39, 0.29) is 5.91 Å². The summed E-state index contributed by atoms with van der Waals surface area (Å²) in [4.78, 5) is 17.0. The van der Waals surface area contributed by atoms with Crippen LogP contribution in [0.5, 0.6) is 11.5 Å². The Morgan fingerprint density at radius 3 is 2.46 bits per heavy atom. The normalized spacial score (nSPS) is 15.9. The van der Waals surface area contributed by atoms with Gasteiger partial charge in [-0.05, 0) is 59.9 Å². The Kier molecular flexibility index (Phi) is 5.47. The number of hydrogen-bond acceptors (Lipinski definition) is 4. The Hall–Kier alpha value is -2.24. The first kappa shape index (κ1) is 19.1. The number of benzene rings is 2. The Labute approximate surface area is 170 Å². The van der Waals surface area contributed by atoms with Crippen molar-refractivity contribution in [3.63, 3.8) is 0 Å². The summed E-state index contributed by atoms with van der Waals surface area (Å²) in [5.41, 5.74) is 4.71. The molecule has 0 unspecified atom stereocenters. The third-order valence-electron chi connectivity index (χ3n) is 5.68.